The molecule has 18 heavy (non-hydrogen) atoms. The van der Waals surface area contributed by atoms with Gasteiger partial charge in [-0.3, -0.25) is 4.79 Å². The molecule has 0 spiro atoms. The van der Waals surface area contributed by atoms with E-state index in [-0.39, 0.29) is 11.8 Å². The van der Waals surface area contributed by atoms with Gasteiger partial charge in [0.1, 0.15) is 5.75 Å². The smallest absolute Gasteiger partial charge is 0.225 e. The van der Waals surface area contributed by atoms with Gasteiger partial charge in [0.05, 0.1) is 7.11 Å². The van der Waals surface area contributed by atoms with Crippen molar-refractivity contribution in [3.63, 3.8) is 0 Å². The molecule has 1 aromatic rings. The van der Waals surface area contributed by atoms with E-state index >= 15 is 0 Å². The third-order valence-electron chi connectivity index (χ3n) is 2.74. The van der Waals surface area contributed by atoms with E-state index in [1.54, 1.807) is 12.0 Å². The van der Waals surface area contributed by atoms with Crippen molar-refractivity contribution in [3.8, 4) is 5.75 Å². The number of nitrogens with zero attached hydrogens (tertiary/aromatic N) is 1. The predicted molar refractivity (Wildman–Crippen MR) is 72.3 cm³/mol. The fraction of sp³-hybridized carbons (Fsp3) is 0.500. The van der Waals surface area contributed by atoms with Gasteiger partial charge in [-0.2, -0.15) is 0 Å². The molecule has 1 aromatic carbocycles. The van der Waals surface area contributed by atoms with Gasteiger partial charge in [-0.25, -0.2) is 0 Å². The Morgan fingerprint density at radius 1 is 1.33 bits per heavy atom. The van der Waals surface area contributed by atoms with E-state index in [4.69, 9.17) is 10.5 Å². The monoisotopic (exact) mass is 250 g/mol. The van der Waals surface area contributed by atoms with Gasteiger partial charge in [-0.05, 0) is 17.7 Å². The van der Waals surface area contributed by atoms with Gasteiger partial charge in [-0.15, -0.1) is 0 Å². The molecular formula is C14H22N2O2. The number of hydrogen-bond acceptors (Lipinski definition) is 3. The summed E-state index contributed by atoms with van der Waals surface area (Å²) in [5.74, 6) is 0.949. The van der Waals surface area contributed by atoms with E-state index in [0.29, 0.717) is 19.6 Å². The molecule has 0 atom stereocenters. The number of benzene rings is 1. The molecule has 0 saturated carbocycles. The summed E-state index contributed by atoms with van der Waals surface area (Å²) in [5.41, 5.74) is 6.63. The highest BCUT2D eigenvalue weighted by atomic mass is 16.5. The van der Waals surface area contributed by atoms with Crippen LogP contribution in [-0.4, -0.2) is 31.0 Å². The van der Waals surface area contributed by atoms with Gasteiger partial charge < -0.3 is 15.4 Å². The van der Waals surface area contributed by atoms with Gasteiger partial charge in [0, 0.05) is 25.6 Å². The summed E-state index contributed by atoms with van der Waals surface area (Å²) in [4.78, 5) is 13.8. The minimum atomic E-state index is -0.00482. The Morgan fingerprint density at radius 3 is 2.39 bits per heavy atom. The van der Waals surface area contributed by atoms with Crippen LogP contribution in [0.2, 0.25) is 0 Å². The Labute approximate surface area is 109 Å². The molecule has 0 saturated heterocycles. The first-order valence-corrected chi connectivity index (χ1v) is 6.20. The van der Waals surface area contributed by atoms with Gasteiger partial charge in [0.2, 0.25) is 5.91 Å². The average molecular weight is 250 g/mol. The summed E-state index contributed by atoms with van der Waals surface area (Å²) in [7, 11) is 1.64. The van der Waals surface area contributed by atoms with Crippen molar-refractivity contribution >= 4 is 5.91 Å². The Balaban J connectivity index is 2.73. The fourth-order valence-electron chi connectivity index (χ4n) is 1.74. The van der Waals surface area contributed by atoms with Crippen molar-refractivity contribution in [1.82, 2.24) is 4.90 Å². The van der Waals surface area contributed by atoms with Crippen molar-refractivity contribution < 1.29 is 9.53 Å². The normalized spacial score (nSPS) is 10.5. The van der Waals surface area contributed by atoms with Crippen molar-refractivity contribution in [2.45, 2.75) is 20.4 Å². The molecular weight excluding hydrogens is 228 g/mol. The Morgan fingerprint density at radius 2 is 1.94 bits per heavy atom. The molecule has 2 N–H and O–H groups in total. The van der Waals surface area contributed by atoms with Crippen LogP contribution < -0.4 is 10.5 Å². The van der Waals surface area contributed by atoms with Crippen LogP contribution in [0, 0.1) is 5.92 Å². The molecule has 0 bridgehead atoms. The van der Waals surface area contributed by atoms with E-state index in [1.807, 2.05) is 38.1 Å². The number of nitrogens with two attached hydrogens (primary N) is 1. The largest absolute Gasteiger partial charge is 0.497 e. The summed E-state index contributed by atoms with van der Waals surface area (Å²) in [5, 5.41) is 0. The van der Waals surface area contributed by atoms with Crippen LogP contribution in [0.25, 0.3) is 0 Å². The molecule has 1 amide bonds. The zero-order valence-electron chi connectivity index (χ0n) is 11.3. The second kappa shape index (κ2) is 7.01. The van der Waals surface area contributed by atoms with Crippen molar-refractivity contribution in [1.29, 1.82) is 0 Å². The maximum Gasteiger partial charge on any atom is 0.225 e. The van der Waals surface area contributed by atoms with Gasteiger partial charge >= 0.3 is 0 Å². The second-order valence-electron chi connectivity index (χ2n) is 4.55. The fourth-order valence-corrected chi connectivity index (χ4v) is 1.74. The van der Waals surface area contributed by atoms with Crippen LogP contribution in [0.15, 0.2) is 24.3 Å². The minimum Gasteiger partial charge on any atom is -0.497 e. The Kier molecular flexibility index (Phi) is 5.65. The van der Waals surface area contributed by atoms with Gasteiger partial charge in [0.15, 0.2) is 0 Å². The molecule has 4 nitrogen and oxygen atoms in total. The van der Waals surface area contributed by atoms with E-state index in [0.717, 1.165) is 11.3 Å². The van der Waals surface area contributed by atoms with Gasteiger partial charge in [0.25, 0.3) is 0 Å². The van der Waals surface area contributed by atoms with Crippen molar-refractivity contribution in [2.75, 3.05) is 20.2 Å². The lowest BCUT2D eigenvalue weighted by atomic mass is 10.1. The first-order chi connectivity index (χ1) is 8.58. The molecule has 0 unspecified atom stereocenters. The Bertz CT molecular complexity index is 374. The lowest BCUT2D eigenvalue weighted by Crippen LogP contribution is -2.37. The second-order valence-corrected chi connectivity index (χ2v) is 4.55. The van der Waals surface area contributed by atoms with E-state index in [9.17, 15) is 4.79 Å². The number of carbonyl (C=O) groups excluding carboxylic acids is 1. The highest BCUT2D eigenvalue weighted by molar-refractivity contribution is 5.78. The maximum atomic E-state index is 12.0. The number of methoxy groups -OCH3 is 1. The third-order valence-corrected chi connectivity index (χ3v) is 2.74. The van der Waals surface area contributed by atoms with E-state index in [1.165, 1.54) is 0 Å². The van der Waals surface area contributed by atoms with E-state index in [2.05, 4.69) is 0 Å². The molecule has 0 aliphatic heterocycles. The zero-order chi connectivity index (χ0) is 13.5. The SMILES string of the molecule is COc1ccc(CN(CCN)C(=O)C(C)C)cc1. The highest BCUT2D eigenvalue weighted by Gasteiger charge is 2.16. The van der Waals surface area contributed by atoms with Crippen LogP contribution >= 0.6 is 0 Å². The van der Waals surface area contributed by atoms with Gasteiger partial charge in [-0.1, -0.05) is 26.0 Å². The summed E-state index contributed by atoms with van der Waals surface area (Å²) >= 11 is 0. The third kappa shape index (κ3) is 4.04. The lowest BCUT2D eigenvalue weighted by molar-refractivity contribution is -0.134. The van der Waals surface area contributed by atoms with Crippen LogP contribution in [0.4, 0.5) is 0 Å². The first kappa shape index (κ1) is 14.5. The summed E-state index contributed by atoms with van der Waals surface area (Å²) in [6.45, 7) is 5.47. The van der Waals surface area contributed by atoms with Crippen LogP contribution in [-0.2, 0) is 11.3 Å². The zero-order valence-corrected chi connectivity index (χ0v) is 11.3. The molecule has 0 heterocycles. The molecule has 0 aromatic heterocycles. The number of hydrogen-bond donors (Lipinski definition) is 1. The number of rotatable bonds is 6. The standard InChI is InChI=1S/C14H22N2O2/c1-11(2)14(17)16(9-8-15)10-12-4-6-13(18-3)7-5-12/h4-7,11H,8-10,15H2,1-3H3. The predicted octanol–water partition coefficient (Wildman–Crippen LogP) is 1.64. The maximum absolute atomic E-state index is 12.0. The molecule has 0 radical (unpaired) electrons. The number of carbonyl (C=O) groups is 1. The van der Waals surface area contributed by atoms with E-state index < -0.39 is 0 Å². The molecule has 0 aliphatic rings. The Hall–Kier alpha value is -1.55. The average Bonchev–Trinajstić information content (AvgIpc) is 2.38. The number of amides is 1. The summed E-state index contributed by atoms with van der Waals surface area (Å²) in [6, 6.07) is 7.73. The highest BCUT2D eigenvalue weighted by Crippen LogP contribution is 2.14. The lowest BCUT2D eigenvalue weighted by Gasteiger charge is -2.24. The van der Waals surface area contributed by atoms with Crippen molar-refractivity contribution in [2.24, 2.45) is 11.7 Å². The summed E-state index contributed by atoms with van der Waals surface area (Å²) in [6.07, 6.45) is 0. The van der Waals surface area contributed by atoms with Crippen molar-refractivity contribution in [3.05, 3.63) is 29.8 Å². The van der Waals surface area contributed by atoms with Crippen LogP contribution in [0.3, 0.4) is 0 Å². The molecule has 0 aliphatic carbocycles. The number of ether oxygens (including phenoxy) is 1. The molecule has 100 valence electrons. The molecule has 1 rings (SSSR count). The topological polar surface area (TPSA) is 55.6 Å². The van der Waals surface area contributed by atoms with Crippen LogP contribution in [0.1, 0.15) is 19.4 Å². The molecule has 4 heteroatoms. The van der Waals surface area contributed by atoms with Crippen LogP contribution in [0.5, 0.6) is 5.75 Å². The minimum absolute atomic E-state index is 0.00482. The summed E-state index contributed by atoms with van der Waals surface area (Å²) < 4.78 is 5.11. The molecule has 0 fully saturated rings. The quantitative estimate of drug-likeness (QED) is 0.835. The first-order valence-electron chi connectivity index (χ1n) is 6.20.